The highest BCUT2D eigenvalue weighted by Crippen LogP contribution is 2.20. The van der Waals surface area contributed by atoms with Crippen LogP contribution in [0.1, 0.15) is 12.5 Å². The molecule has 134 valence electrons. The molecule has 1 aliphatic heterocycles. The number of hydrogen-bond acceptors (Lipinski definition) is 6. The molecule has 0 saturated carbocycles. The highest BCUT2D eigenvalue weighted by Gasteiger charge is 2.24. The van der Waals surface area contributed by atoms with E-state index < -0.39 is 9.84 Å². The topological polar surface area (TPSA) is 90.7 Å². The van der Waals surface area contributed by atoms with Gasteiger partial charge in [-0.05, 0) is 26.0 Å². The van der Waals surface area contributed by atoms with Gasteiger partial charge in [-0.2, -0.15) is 5.26 Å². The molecule has 25 heavy (non-hydrogen) atoms. The molecule has 1 aliphatic rings. The summed E-state index contributed by atoms with van der Waals surface area (Å²) in [5, 5.41) is 9.31. The van der Waals surface area contributed by atoms with Crippen molar-refractivity contribution in [2.24, 2.45) is 0 Å². The summed E-state index contributed by atoms with van der Waals surface area (Å²) in [6.07, 6.45) is 0.983. The van der Waals surface area contributed by atoms with Crippen molar-refractivity contribution in [3.63, 3.8) is 0 Å². The van der Waals surface area contributed by atoms with Gasteiger partial charge < -0.3 is 14.5 Å². The summed E-state index contributed by atoms with van der Waals surface area (Å²) in [6, 6.07) is 8.16. The molecule has 0 atom stereocenters. The van der Waals surface area contributed by atoms with Crippen molar-refractivity contribution in [2.75, 3.05) is 32.8 Å². The zero-order chi connectivity index (χ0) is 18.4. The molecule has 1 aromatic rings. The number of ether oxygens (including phenoxy) is 1. The van der Waals surface area contributed by atoms with Gasteiger partial charge in [0.05, 0.1) is 11.5 Å². The molecule has 0 N–H and O–H groups in total. The lowest BCUT2D eigenvalue weighted by Gasteiger charge is -2.33. The smallest absolute Gasteiger partial charge is 0.409 e. The van der Waals surface area contributed by atoms with E-state index in [2.05, 4.69) is 0 Å². The van der Waals surface area contributed by atoms with Crippen LogP contribution >= 0.6 is 0 Å². The Hall–Kier alpha value is -2.53. The molecule has 0 radical (unpaired) electrons. The van der Waals surface area contributed by atoms with Gasteiger partial charge in [0.2, 0.25) is 9.84 Å². The first kappa shape index (κ1) is 18.8. The number of nitriles is 1. The molecule has 7 nitrogen and oxygen atoms in total. The van der Waals surface area contributed by atoms with Gasteiger partial charge in [-0.25, -0.2) is 13.2 Å². The first-order valence-electron chi connectivity index (χ1n) is 7.98. The van der Waals surface area contributed by atoms with Crippen LogP contribution in [0, 0.1) is 18.3 Å². The molecular weight excluding hydrogens is 342 g/mol. The summed E-state index contributed by atoms with van der Waals surface area (Å²) in [7, 11) is -3.85. The summed E-state index contributed by atoms with van der Waals surface area (Å²) in [6.45, 7) is 5.62. The van der Waals surface area contributed by atoms with Gasteiger partial charge in [0.1, 0.15) is 6.07 Å². The van der Waals surface area contributed by atoms with E-state index in [-0.39, 0.29) is 15.9 Å². The lowest BCUT2D eigenvalue weighted by atomic mass is 10.2. The van der Waals surface area contributed by atoms with Gasteiger partial charge in [0.25, 0.3) is 0 Å². The number of nitrogens with zero attached hydrogens (tertiary/aromatic N) is 3. The largest absolute Gasteiger partial charge is 0.450 e. The Morgan fingerprint density at radius 1 is 1.24 bits per heavy atom. The van der Waals surface area contributed by atoms with Crippen molar-refractivity contribution >= 4 is 15.9 Å². The van der Waals surface area contributed by atoms with E-state index in [1.54, 1.807) is 34.9 Å². The zero-order valence-electron chi connectivity index (χ0n) is 14.3. The quantitative estimate of drug-likeness (QED) is 0.759. The van der Waals surface area contributed by atoms with E-state index >= 15 is 0 Å². The van der Waals surface area contributed by atoms with E-state index in [1.165, 1.54) is 18.3 Å². The van der Waals surface area contributed by atoms with Crippen LogP contribution in [0.15, 0.2) is 40.3 Å². The van der Waals surface area contributed by atoms with E-state index in [0.717, 1.165) is 5.56 Å². The Balaban J connectivity index is 2.12. The predicted octanol–water partition coefficient (Wildman–Crippen LogP) is 1.91. The molecule has 8 heteroatoms. The molecule has 0 bridgehead atoms. The van der Waals surface area contributed by atoms with E-state index in [1.807, 2.05) is 6.92 Å². The summed E-state index contributed by atoms with van der Waals surface area (Å²) in [5.41, 5.74) is 0.941. The third-order valence-corrected chi connectivity index (χ3v) is 5.54. The SMILES string of the molecule is CCOC(=O)N1CCN(/C=C(\C#N)S(=O)(=O)c2ccc(C)cc2)CC1. The Labute approximate surface area is 148 Å². The van der Waals surface area contributed by atoms with Crippen LogP contribution in [0.4, 0.5) is 4.79 Å². The third kappa shape index (κ3) is 4.51. The number of benzene rings is 1. The minimum Gasteiger partial charge on any atom is -0.450 e. The van der Waals surface area contributed by atoms with Crippen LogP contribution in [0.2, 0.25) is 0 Å². The van der Waals surface area contributed by atoms with Crippen molar-refractivity contribution in [3.8, 4) is 6.07 Å². The second-order valence-electron chi connectivity index (χ2n) is 5.64. The molecule has 2 rings (SSSR count). The lowest BCUT2D eigenvalue weighted by Crippen LogP contribution is -2.47. The fourth-order valence-corrected chi connectivity index (χ4v) is 3.57. The van der Waals surface area contributed by atoms with Crippen LogP contribution in [-0.4, -0.2) is 57.1 Å². The van der Waals surface area contributed by atoms with Crippen LogP contribution in [-0.2, 0) is 14.6 Å². The maximum absolute atomic E-state index is 12.6. The molecule has 0 aromatic heterocycles. The fraction of sp³-hybridized carbons (Fsp3) is 0.412. The molecule has 0 aliphatic carbocycles. The molecule has 1 fully saturated rings. The zero-order valence-corrected chi connectivity index (χ0v) is 15.1. The maximum atomic E-state index is 12.6. The van der Waals surface area contributed by atoms with Crippen molar-refractivity contribution < 1.29 is 17.9 Å². The Morgan fingerprint density at radius 3 is 2.36 bits per heavy atom. The van der Waals surface area contributed by atoms with Crippen LogP contribution in [0.25, 0.3) is 0 Å². The summed E-state index contributed by atoms with van der Waals surface area (Å²) in [5.74, 6) is 0. The van der Waals surface area contributed by atoms with Gasteiger partial charge in [-0.3, -0.25) is 0 Å². The van der Waals surface area contributed by atoms with Crippen LogP contribution in [0.5, 0.6) is 0 Å². The lowest BCUT2D eigenvalue weighted by molar-refractivity contribution is 0.0890. The summed E-state index contributed by atoms with van der Waals surface area (Å²) in [4.78, 5) is 14.8. The molecular formula is C17H21N3O4S. The van der Waals surface area contributed by atoms with Crippen molar-refractivity contribution in [3.05, 3.63) is 40.9 Å². The number of allylic oxidation sites excluding steroid dienone is 1. The Kier molecular flexibility index (Phi) is 6.04. The van der Waals surface area contributed by atoms with Gasteiger partial charge >= 0.3 is 6.09 Å². The monoisotopic (exact) mass is 363 g/mol. The van der Waals surface area contributed by atoms with Gasteiger partial charge in [-0.1, -0.05) is 17.7 Å². The van der Waals surface area contributed by atoms with Crippen molar-refractivity contribution in [1.29, 1.82) is 5.26 Å². The fourth-order valence-electron chi connectivity index (χ4n) is 2.42. The highest BCUT2D eigenvalue weighted by atomic mass is 32.2. The first-order valence-corrected chi connectivity index (χ1v) is 9.46. The summed E-state index contributed by atoms with van der Waals surface area (Å²) >= 11 is 0. The Bertz CT molecular complexity index is 786. The average Bonchev–Trinajstić information content (AvgIpc) is 2.60. The maximum Gasteiger partial charge on any atom is 0.409 e. The minimum atomic E-state index is -3.85. The minimum absolute atomic E-state index is 0.0936. The van der Waals surface area contributed by atoms with E-state index in [0.29, 0.717) is 32.8 Å². The highest BCUT2D eigenvalue weighted by molar-refractivity contribution is 7.95. The first-order chi connectivity index (χ1) is 11.9. The molecule has 1 heterocycles. The van der Waals surface area contributed by atoms with Gasteiger partial charge in [0, 0.05) is 32.4 Å². The van der Waals surface area contributed by atoms with Crippen LogP contribution in [0.3, 0.4) is 0 Å². The number of rotatable bonds is 4. The van der Waals surface area contributed by atoms with Crippen LogP contribution < -0.4 is 0 Å². The molecule has 1 amide bonds. The number of aryl methyl sites for hydroxylation is 1. The third-order valence-electron chi connectivity index (χ3n) is 3.87. The molecule has 0 unspecified atom stereocenters. The standard InChI is InChI=1S/C17H21N3O4S/c1-3-24-17(21)20-10-8-19(9-11-20)13-16(12-18)25(22,23)15-6-4-14(2)5-7-15/h4-7,13H,3,8-11H2,1-2H3/b16-13+. The number of carbonyl (C=O) groups excluding carboxylic acids is 1. The second kappa shape index (κ2) is 8.03. The average molecular weight is 363 g/mol. The van der Waals surface area contributed by atoms with E-state index in [9.17, 15) is 18.5 Å². The van der Waals surface area contributed by atoms with Gasteiger partial charge in [0.15, 0.2) is 4.91 Å². The number of amides is 1. The van der Waals surface area contributed by atoms with E-state index in [4.69, 9.17) is 4.74 Å². The van der Waals surface area contributed by atoms with Crippen molar-refractivity contribution in [2.45, 2.75) is 18.7 Å². The second-order valence-corrected chi connectivity index (χ2v) is 7.56. The molecule has 1 saturated heterocycles. The number of piperazine rings is 1. The predicted molar refractivity (Wildman–Crippen MR) is 92.2 cm³/mol. The molecule has 1 aromatic carbocycles. The van der Waals surface area contributed by atoms with Crippen molar-refractivity contribution in [1.82, 2.24) is 9.80 Å². The number of carbonyl (C=O) groups is 1. The normalized spacial score (nSPS) is 15.6. The molecule has 0 spiro atoms. The Morgan fingerprint density at radius 2 is 1.84 bits per heavy atom. The number of sulfone groups is 1. The summed E-state index contributed by atoms with van der Waals surface area (Å²) < 4.78 is 30.2. The van der Waals surface area contributed by atoms with Gasteiger partial charge in [-0.15, -0.1) is 0 Å². The number of hydrogen-bond donors (Lipinski definition) is 0.